The van der Waals surface area contributed by atoms with Gasteiger partial charge >= 0.3 is 5.97 Å². The summed E-state index contributed by atoms with van der Waals surface area (Å²) >= 11 is 0. The van der Waals surface area contributed by atoms with E-state index in [1.54, 1.807) is 42.6 Å². The van der Waals surface area contributed by atoms with E-state index >= 15 is 0 Å². The highest BCUT2D eigenvalue weighted by atomic mass is 16.5. The smallest absolute Gasteiger partial charge is 0.329 e. The molecule has 2 N–H and O–H groups in total. The molecule has 0 bridgehead atoms. The Balaban J connectivity index is 1.50. The average Bonchev–Trinajstić information content (AvgIpc) is 3.48. The number of furan rings is 1. The molecule has 0 fully saturated rings. The zero-order chi connectivity index (χ0) is 21.6. The second-order valence-corrected chi connectivity index (χ2v) is 6.96. The molecule has 4 rings (SSSR count). The molecule has 4 aromatic rings. The van der Waals surface area contributed by atoms with E-state index in [0.717, 1.165) is 16.5 Å². The van der Waals surface area contributed by atoms with Gasteiger partial charge in [0.2, 0.25) is 0 Å². The zero-order valence-electron chi connectivity index (χ0n) is 16.5. The summed E-state index contributed by atoms with van der Waals surface area (Å²) in [5.74, 6) is -1.48. The number of para-hydroxylation sites is 1. The molecular formula is C24H20N2O5. The van der Waals surface area contributed by atoms with Crippen LogP contribution in [0.2, 0.25) is 0 Å². The average molecular weight is 416 g/mol. The summed E-state index contributed by atoms with van der Waals surface area (Å²) < 4.78 is 10.4. The van der Waals surface area contributed by atoms with Crippen molar-refractivity contribution in [1.82, 2.24) is 10.3 Å². The van der Waals surface area contributed by atoms with E-state index in [1.165, 1.54) is 12.3 Å². The van der Waals surface area contributed by atoms with Gasteiger partial charge in [-0.3, -0.25) is 9.59 Å². The molecule has 2 aromatic heterocycles. The topological polar surface area (TPSA) is 101 Å². The fourth-order valence-electron chi connectivity index (χ4n) is 3.30. The summed E-state index contributed by atoms with van der Waals surface area (Å²) in [4.78, 5) is 40.7. The molecule has 0 unspecified atom stereocenters. The maximum atomic E-state index is 12.8. The molecule has 0 radical (unpaired) electrons. The first-order valence-corrected chi connectivity index (χ1v) is 9.76. The van der Waals surface area contributed by atoms with Gasteiger partial charge in [0.05, 0.1) is 6.26 Å². The van der Waals surface area contributed by atoms with Crippen LogP contribution in [0, 0.1) is 0 Å². The lowest BCUT2D eigenvalue weighted by Crippen LogP contribution is -2.43. The van der Waals surface area contributed by atoms with Crippen LogP contribution in [0.15, 0.2) is 83.6 Å². The molecule has 0 saturated heterocycles. The number of carbonyl (C=O) groups is 3. The van der Waals surface area contributed by atoms with Crippen LogP contribution < -0.4 is 5.32 Å². The molecule has 1 amide bonds. The van der Waals surface area contributed by atoms with Crippen LogP contribution in [0.5, 0.6) is 0 Å². The van der Waals surface area contributed by atoms with Gasteiger partial charge in [-0.05, 0) is 23.8 Å². The van der Waals surface area contributed by atoms with Gasteiger partial charge in [0.1, 0.15) is 6.04 Å². The van der Waals surface area contributed by atoms with Gasteiger partial charge in [0, 0.05) is 29.1 Å². The lowest BCUT2D eigenvalue weighted by atomic mass is 10.0. The molecule has 2 heterocycles. The first kappa shape index (κ1) is 20.2. The van der Waals surface area contributed by atoms with Crippen molar-refractivity contribution in [3.8, 4) is 0 Å². The van der Waals surface area contributed by atoms with Crippen LogP contribution in [-0.4, -0.2) is 35.3 Å². The van der Waals surface area contributed by atoms with E-state index in [0.29, 0.717) is 5.56 Å². The number of aromatic nitrogens is 1. The zero-order valence-corrected chi connectivity index (χ0v) is 16.5. The third-order valence-corrected chi connectivity index (χ3v) is 4.88. The van der Waals surface area contributed by atoms with Crippen molar-refractivity contribution < 1.29 is 23.5 Å². The molecule has 0 aliphatic rings. The number of hydrogen-bond acceptors (Lipinski definition) is 5. The molecular weight excluding hydrogens is 396 g/mol. The minimum atomic E-state index is -1.000. The van der Waals surface area contributed by atoms with Crippen molar-refractivity contribution in [2.24, 2.45) is 0 Å². The van der Waals surface area contributed by atoms with Crippen LogP contribution in [0.4, 0.5) is 0 Å². The normalized spacial score (nSPS) is 11.7. The number of fused-ring (bicyclic) bond motifs is 1. The second-order valence-electron chi connectivity index (χ2n) is 6.96. The van der Waals surface area contributed by atoms with E-state index in [-0.39, 0.29) is 18.0 Å². The molecule has 0 spiro atoms. The van der Waals surface area contributed by atoms with Gasteiger partial charge in [-0.1, -0.05) is 48.5 Å². The largest absolute Gasteiger partial charge is 0.459 e. The number of aromatic amines is 1. The maximum Gasteiger partial charge on any atom is 0.329 e. The molecule has 7 heteroatoms. The Bertz CT molecular complexity index is 1200. The predicted molar refractivity (Wildman–Crippen MR) is 114 cm³/mol. The fraction of sp³-hybridized carbons (Fsp3) is 0.125. The maximum absolute atomic E-state index is 12.8. The first-order valence-electron chi connectivity index (χ1n) is 9.76. The van der Waals surface area contributed by atoms with Crippen molar-refractivity contribution in [1.29, 1.82) is 0 Å². The number of Topliss-reactive ketones (excluding diaryl/α,β-unsaturated/α-hetero) is 1. The van der Waals surface area contributed by atoms with E-state index in [4.69, 9.17) is 9.15 Å². The molecule has 1 atom stereocenters. The highest BCUT2D eigenvalue weighted by molar-refractivity contribution is 5.99. The summed E-state index contributed by atoms with van der Waals surface area (Å²) in [5, 5.41) is 3.59. The number of esters is 1. The summed E-state index contributed by atoms with van der Waals surface area (Å²) in [7, 11) is 0. The fourth-order valence-corrected chi connectivity index (χ4v) is 3.30. The number of amides is 1. The molecule has 7 nitrogen and oxygen atoms in total. The van der Waals surface area contributed by atoms with Crippen LogP contribution >= 0.6 is 0 Å². The van der Waals surface area contributed by atoms with Gasteiger partial charge in [0.25, 0.3) is 5.91 Å². The highest BCUT2D eigenvalue weighted by Crippen LogP contribution is 2.19. The van der Waals surface area contributed by atoms with Gasteiger partial charge in [-0.15, -0.1) is 0 Å². The monoisotopic (exact) mass is 416 g/mol. The third-order valence-electron chi connectivity index (χ3n) is 4.88. The number of rotatable bonds is 8. The number of benzene rings is 2. The summed E-state index contributed by atoms with van der Waals surface area (Å²) in [5.41, 5.74) is 2.20. The van der Waals surface area contributed by atoms with Crippen LogP contribution in [-0.2, 0) is 16.0 Å². The molecule has 0 saturated carbocycles. The van der Waals surface area contributed by atoms with Crippen molar-refractivity contribution in [2.45, 2.75) is 12.5 Å². The second kappa shape index (κ2) is 9.13. The number of carbonyl (C=O) groups excluding carboxylic acids is 3. The lowest BCUT2D eigenvalue weighted by molar-refractivity contribution is -0.144. The summed E-state index contributed by atoms with van der Waals surface area (Å²) in [6, 6.07) is 18.3. The first-order chi connectivity index (χ1) is 15.1. The molecule has 0 aliphatic heterocycles. The molecule has 31 heavy (non-hydrogen) atoms. The number of ether oxygens (including phenoxy) is 1. The van der Waals surface area contributed by atoms with Gasteiger partial charge in [0.15, 0.2) is 18.2 Å². The number of H-pyrrole nitrogens is 1. The number of hydrogen-bond donors (Lipinski definition) is 2. The summed E-state index contributed by atoms with van der Waals surface area (Å²) in [6.45, 7) is -0.413. The highest BCUT2D eigenvalue weighted by Gasteiger charge is 2.26. The minimum Gasteiger partial charge on any atom is -0.459 e. The Morgan fingerprint density at radius 1 is 0.968 bits per heavy atom. The van der Waals surface area contributed by atoms with Gasteiger partial charge < -0.3 is 19.5 Å². The standard InChI is InChI=1S/C24H20N2O5/c27-21(16-7-2-1-3-8-16)15-31-24(29)20(26-23(28)22-11-6-12-30-22)13-17-14-25-19-10-5-4-9-18(17)19/h1-12,14,20,25H,13,15H2,(H,26,28)/t20-/m0/s1. The summed E-state index contributed by atoms with van der Waals surface area (Å²) in [6.07, 6.45) is 3.36. The molecule has 0 aliphatic carbocycles. The van der Waals surface area contributed by atoms with Crippen LogP contribution in [0.3, 0.4) is 0 Å². The van der Waals surface area contributed by atoms with Crippen molar-refractivity contribution in [3.05, 3.63) is 96.1 Å². The van der Waals surface area contributed by atoms with Crippen molar-refractivity contribution >= 4 is 28.6 Å². The van der Waals surface area contributed by atoms with Gasteiger partial charge in [-0.25, -0.2) is 4.79 Å². The van der Waals surface area contributed by atoms with Crippen molar-refractivity contribution in [3.63, 3.8) is 0 Å². The lowest BCUT2D eigenvalue weighted by Gasteiger charge is -2.17. The Morgan fingerprint density at radius 2 is 1.74 bits per heavy atom. The Labute approximate surface area is 178 Å². The Kier molecular flexibility index (Phi) is 5.93. The quantitative estimate of drug-likeness (QED) is 0.338. The Hall–Kier alpha value is -4.13. The van der Waals surface area contributed by atoms with Crippen LogP contribution in [0.25, 0.3) is 10.9 Å². The van der Waals surface area contributed by atoms with E-state index in [2.05, 4.69) is 10.3 Å². The number of ketones is 1. The predicted octanol–water partition coefficient (Wildman–Crippen LogP) is 3.53. The van der Waals surface area contributed by atoms with E-state index in [9.17, 15) is 14.4 Å². The molecule has 2 aromatic carbocycles. The minimum absolute atomic E-state index is 0.0806. The van der Waals surface area contributed by atoms with E-state index < -0.39 is 24.5 Å². The van der Waals surface area contributed by atoms with E-state index in [1.807, 2.05) is 24.3 Å². The van der Waals surface area contributed by atoms with Gasteiger partial charge in [-0.2, -0.15) is 0 Å². The van der Waals surface area contributed by atoms with Crippen LogP contribution in [0.1, 0.15) is 26.5 Å². The SMILES string of the molecule is O=C(COC(=O)[C@H](Cc1c[nH]c2ccccc12)NC(=O)c1ccco1)c1ccccc1. The Morgan fingerprint density at radius 3 is 2.52 bits per heavy atom. The molecule has 156 valence electrons. The van der Waals surface area contributed by atoms with Crippen molar-refractivity contribution in [2.75, 3.05) is 6.61 Å². The third kappa shape index (κ3) is 4.72. The number of nitrogens with one attached hydrogen (secondary N) is 2.